The van der Waals surface area contributed by atoms with Crippen molar-refractivity contribution in [3.8, 4) is 0 Å². The second-order valence-corrected chi connectivity index (χ2v) is 4.72. The number of amides is 1. The largest absolute Gasteiger partial charge is 0.465 e. The Balaban J connectivity index is 2.42. The third kappa shape index (κ3) is 3.91. The van der Waals surface area contributed by atoms with E-state index in [0.29, 0.717) is 6.07 Å². The van der Waals surface area contributed by atoms with Crippen LogP contribution in [0.2, 0.25) is 0 Å². The Hall–Kier alpha value is -3.43. The Kier molecular flexibility index (Phi) is 5.01. The standard InChI is InChI=1S/C15H9F3N2O5/c1-25-15(22)8-2-7(3-9(4-8)20(23)24)14(21)19-13-6-11(17)10(16)5-12(13)18/h2-6H,1H3,(H,19,21). The molecule has 0 aromatic heterocycles. The van der Waals surface area contributed by atoms with E-state index < -0.39 is 45.6 Å². The molecule has 0 saturated carbocycles. The monoisotopic (exact) mass is 354 g/mol. The van der Waals surface area contributed by atoms with Gasteiger partial charge in [-0.15, -0.1) is 0 Å². The van der Waals surface area contributed by atoms with Crippen molar-refractivity contribution >= 4 is 23.3 Å². The average Bonchev–Trinajstić information content (AvgIpc) is 2.58. The Bertz CT molecular complexity index is 886. The Morgan fingerprint density at radius 3 is 2.20 bits per heavy atom. The third-order valence-corrected chi connectivity index (χ3v) is 3.07. The molecule has 10 heteroatoms. The van der Waals surface area contributed by atoms with Gasteiger partial charge in [-0.2, -0.15) is 0 Å². The second kappa shape index (κ2) is 6.99. The van der Waals surface area contributed by atoms with Crippen molar-refractivity contribution in [3.05, 3.63) is 69.0 Å². The molecule has 0 fully saturated rings. The lowest BCUT2D eigenvalue weighted by molar-refractivity contribution is -0.384. The van der Waals surface area contributed by atoms with Crippen LogP contribution in [-0.4, -0.2) is 23.9 Å². The molecular weight excluding hydrogens is 345 g/mol. The topological polar surface area (TPSA) is 98.5 Å². The van der Waals surface area contributed by atoms with E-state index in [1.54, 1.807) is 0 Å². The van der Waals surface area contributed by atoms with Gasteiger partial charge in [0.25, 0.3) is 11.6 Å². The van der Waals surface area contributed by atoms with E-state index in [1.807, 2.05) is 5.32 Å². The zero-order chi connectivity index (χ0) is 18.7. The zero-order valence-corrected chi connectivity index (χ0v) is 12.5. The number of nitro benzene ring substituents is 1. The molecule has 0 spiro atoms. The van der Waals surface area contributed by atoms with Gasteiger partial charge in [-0.3, -0.25) is 14.9 Å². The van der Waals surface area contributed by atoms with Crippen molar-refractivity contribution < 1.29 is 32.4 Å². The van der Waals surface area contributed by atoms with Gasteiger partial charge >= 0.3 is 5.97 Å². The third-order valence-electron chi connectivity index (χ3n) is 3.07. The smallest absolute Gasteiger partial charge is 0.338 e. The van der Waals surface area contributed by atoms with Crippen molar-refractivity contribution in [2.45, 2.75) is 0 Å². The van der Waals surface area contributed by atoms with Crippen LogP contribution < -0.4 is 5.32 Å². The van der Waals surface area contributed by atoms with Gasteiger partial charge in [-0.1, -0.05) is 0 Å². The number of benzene rings is 2. The lowest BCUT2D eigenvalue weighted by Gasteiger charge is -2.08. The van der Waals surface area contributed by atoms with E-state index in [1.165, 1.54) is 0 Å². The van der Waals surface area contributed by atoms with Crippen molar-refractivity contribution in [2.75, 3.05) is 12.4 Å². The molecule has 2 rings (SSSR count). The molecule has 7 nitrogen and oxygen atoms in total. The van der Waals surface area contributed by atoms with Crippen LogP contribution in [-0.2, 0) is 4.74 Å². The molecular formula is C15H9F3N2O5. The molecule has 0 unspecified atom stereocenters. The minimum absolute atomic E-state index is 0.234. The first kappa shape index (κ1) is 17.9. The van der Waals surface area contributed by atoms with Crippen LogP contribution in [0.5, 0.6) is 0 Å². The normalized spacial score (nSPS) is 10.2. The quantitative estimate of drug-likeness (QED) is 0.394. The number of ether oxygens (including phenoxy) is 1. The molecule has 0 saturated heterocycles. The summed E-state index contributed by atoms with van der Waals surface area (Å²) >= 11 is 0. The summed E-state index contributed by atoms with van der Waals surface area (Å²) in [5, 5.41) is 12.9. The summed E-state index contributed by atoms with van der Waals surface area (Å²) < 4.78 is 44.0. The molecule has 0 heterocycles. The second-order valence-electron chi connectivity index (χ2n) is 4.72. The lowest BCUT2D eigenvalue weighted by atomic mass is 10.1. The first-order valence-corrected chi connectivity index (χ1v) is 6.56. The highest BCUT2D eigenvalue weighted by Crippen LogP contribution is 2.22. The van der Waals surface area contributed by atoms with E-state index in [4.69, 9.17) is 0 Å². The van der Waals surface area contributed by atoms with Crippen LogP contribution in [0.3, 0.4) is 0 Å². The van der Waals surface area contributed by atoms with Gasteiger partial charge in [0.05, 0.1) is 23.3 Å². The first-order chi connectivity index (χ1) is 11.7. The highest BCUT2D eigenvalue weighted by molar-refractivity contribution is 6.06. The summed E-state index contributed by atoms with van der Waals surface area (Å²) in [6, 6.07) is 3.35. The number of hydrogen-bond acceptors (Lipinski definition) is 5. The molecule has 0 atom stereocenters. The maximum absolute atomic E-state index is 13.6. The zero-order valence-electron chi connectivity index (χ0n) is 12.5. The van der Waals surface area contributed by atoms with Gasteiger partial charge < -0.3 is 10.1 Å². The van der Waals surface area contributed by atoms with Crippen LogP contribution in [0, 0.1) is 27.6 Å². The molecule has 0 bridgehead atoms. The molecule has 2 aromatic carbocycles. The van der Waals surface area contributed by atoms with E-state index in [2.05, 4.69) is 4.74 Å². The Labute approximate surface area is 138 Å². The molecule has 130 valence electrons. The average molecular weight is 354 g/mol. The van der Waals surface area contributed by atoms with Gasteiger partial charge in [0, 0.05) is 29.8 Å². The Morgan fingerprint density at radius 1 is 1.00 bits per heavy atom. The van der Waals surface area contributed by atoms with Crippen LogP contribution in [0.15, 0.2) is 30.3 Å². The minimum atomic E-state index is -1.45. The molecule has 0 aliphatic carbocycles. The molecule has 0 radical (unpaired) electrons. The van der Waals surface area contributed by atoms with E-state index in [0.717, 1.165) is 25.3 Å². The van der Waals surface area contributed by atoms with Crippen LogP contribution in [0.1, 0.15) is 20.7 Å². The summed E-state index contributed by atoms with van der Waals surface area (Å²) in [7, 11) is 1.04. The van der Waals surface area contributed by atoms with Crippen molar-refractivity contribution in [2.24, 2.45) is 0 Å². The number of hydrogen-bond donors (Lipinski definition) is 1. The van der Waals surface area contributed by atoms with Crippen LogP contribution in [0.4, 0.5) is 24.5 Å². The Morgan fingerprint density at radius 2 is 1.60 bits per heavy atom. The fraction of sp³-hybridized carbons (Fsp3) is 0.0667. The summed E-state index contributed by atoms with van der Waals surface area (Å²) in [5.74, 6) is -6.09. The van der Waals surface area contributed by atoms with Gasteiger partial charge in [-0.25, -0.2) is 18.0 Å². The van der Waals surface area contributed by atoms with Gasteiger partial charge in [0.15, 0.2) is 11.6 Å². The van der Waals surface area contributed by atoms with Crippen molar-refractivity contribution in [1.29, 1.82) is 0 Å². The number of methoxy groups -OCH3 is 1. The first-order valence-electron chi connectivity index (χ1n) is 6.56. The van der Waals surface area contributed by atoms with Gasteiger partial charge in [-0.05, 0) is 6.07 Å². The number of nitrogens with one attached hydrogen (secondary N) is 1. The summed E-state index contributed by atoms with van der Waals surface area (Å²) in [6.45, 7) is 0. The van der Waals surface area contributed by atoms with E-state index >= 15 is 0 Å². The molecule has 1 N–H and O–H groups in total. The number of rotatable bonds is 4. The van der Waals surface area contributed by atoms with Gasteiger partial charge in [0.2, 0.25) is 0 Å². The maximum Gasteiger partial charge on any atom is 0.338 e. The number of non-ortho nitro benzene ring substituents is 1. The molecule has 25 heavy (non-hydrogen) atoms. The minimum Gasteiger partial charge on any atom is -0.465 e. The van der Waals surface area contributed by atoms with Crippen LogP contribution >= 0.6 is 0 Å². The number of esters is 1. The molecule has 2 aromatic rings. The lowest BCUT2D eigenvalue weighted by Crippen LogP contribution is -2.15. The highest BCUT2D eigenvalue weighted by Gasteiger charge is 2.20. The summed E-state index contributed by atoms with van der Waals surface area (Å²) in [4.78, 5) is 33.7. The highest BCUT2D eigenvalue weighted by atomic mass is 19.2. The molecule has 0 aliphatic rings. The van der Waals surface area contributed by atoms with Crippen LogP contribution in [0.25, 0.3) is 0 Å². The predicted molar refractivity (Wildman–Crippen MR) is 78.7 cm³/mol. The summed E-state index contributed by atoms with van der Waals surface area (Å²) in [5.41, 5.74) is -1.92. The van der Waals surface area contributed by atoms with Crippen molar-refractivity contribution in [1.82, 2.24) is 0 Å². The number of halogens is 3. The maximum atomic E-state index is 13.6. The molecule has 1 amide bonds. The predicted octanol–water partition coefficient (Wildman–Crippen LogP) is 3.05. The van der Waals surface area contributed by atoms with Gasteiger partial charge in [0.1, 0.15) is 5.82 Å². The fourth-order valence-electron chi connectivity index (χ4n) is 1.90. The van der Waals surface area contributed by atoms with E-state index in [9.17, 15) is 32.9 Å². The number of carbonyl (C=O) groups excluding carboxylic acids is 2. The van der Waals surface area contributed by atoms with E-state index in [-0.39, 0.29) is 17.2 Å². The number of nitrogens with zero attached hydrogens (tertiary/aromatic N) is 1. The van der Waals surface area contributed by atoms with Crippen molar-refractivity contribution in [3.63, 3.8) is 0 Å². The molecule has 0 aliphatic heterocycles. The number of nitro groups is 1. The number of anilines is 1. The number of carbonyl (C=O) groups is 2. The summed E-state index contributed by atoms with van der Waals surface area (Å²) in [6.07, 6.45) is 0. The fourth-order valence-corrected chi connectivity index (χ4v) is 1.90. The SMILES string of the molecule is COC(=O)c1cc(C(=O)Nc2cc(F)c(F)cc2F)cc([N+](=O)[O-])c1.